The molecule has 374 valence electrons. The first-order valence-corrected chi connectivity index (χ1v) is 26.1. The third kappa shape index (κ3) is 14.0. The molecule has 0 aliphatic carbocycles. The Bertz CT molecular complexity index is 3260. The summed E-state index contributed by atoms with van der Waals surface area (Å²) >= 11 is -0.711. The van der Waals surface area contributed by atoms with Gasteiger partial charge in [0.1, 0.15) is 4.90 Å². The first kappa shape index (κ1) is 53.7. The van der Waals surface area contributed by atoms with Crippen LogP contribution in [0.1, 0.15) is 11.4 Å². The van der Waals surface area contributed by atoms with Gasteiger partial charge in [0.2, 0.25) is 11.8 Å². The lowest BCUT2D eigenvalue weighted by atomic mass is 10.0. The summed E-state index contributed by atoms with van der Waals surface area (Å²) in [5.41, 5.74) is 0.844. The van der Waals surface area contributed by atoms with Gasteiger partial charge in [0, 0.05) is 15.4 Å². The van der Waals surface area contributed by atoms with Gasteiger partial charge >= 0.3 is 10.4 Å². The van der Waals surface area contributed by atoms with Crippen molar-refractivity contribution < 1.29 is 91.4 Å². The molecule has 0 radical (unpaired) electrons. The molecule has 0 aliphatic rings. The molecule has 6 rings (SSSR count). The van der Waals surface area contributed by atoms with Crippen molar-refractivity contribution in [2.75, 3.05) is 24.7 Å². The van der Waals surface area contributed by atoms with E-state index in [4.69, 9.17) is 24.3 Å². The number of aromatic hydroxyl groups is 2. The highest BCUT2D eigenvalue weighted by Crippen LogP contribution is 2.41. The first-order valence-electron chi connectivity index (χ1n) is 18.9. The molecule has 0 spiro atoms. The topological polar surface area (TPSA) is 391 Å². The minimum Gasteiger partial charge on any atom is -0.492 e. The van der Waals surface area contributed by atoms with Gasteiger partial charge in [-0.2, -0.15) is 51.0 Å². The minimum absolute atomic E-state index is 0.0667. The van der Waals surface area contributed by atoms with Crippen LogP contribution in [0, 0.1) is 13.8 Å². The maximum absolute atomic E-state index is 12.8. The molecule has 2 aromatic heterocycles. The molecule has 6 N–H and O–H groups in total. The quantitative estimate of drug-likeness (QED) is 0.00896. The number of nitrogens with zero attached hydrogens (tertiary/aromatic N) is 8. The number of azo groups is 2. The number of rotatable bonds is 24. The summed E-state index contributed by atoms with van der Waals surface area (Å²) in [6, 6.07) is 19.1. The Labute approximate surface area is 406 Å². The zero-order chi connectivity index (χ0) is 50.8. The summed E-state index contributed by atoms with van der Waals surface area (Å²) in [6.45, 7) is 2.06. The van der Waals surface area contributed by atoms with Crippen LogP contribution in [-0.4, -0.2) is 104 Å². The molecule has 4 aromatic carbocycles. The smallest absolute Gasteiger partial charge is 0.397 e. The Morgan fingerprint density at radius 1 is 0.671 bits per heavy atom. The Hall–Kier alpha value is -5.64. The lowest BCUT2D eigenvalue weighted by Crippen LogP contribution is -2.15. The molecule has 0 saturated heterocycles. The highest BCUT2D eigenvalue weighted by Gasteiger charge is 2.23. The maximum Gasteiger partial charge on any atom is 0.397 e. The van der Waals surface area contributed by atoms with Crippen LogP contribution >= 0.6 is 24.1 Å². The molecule has 2 heterocycles. The van der Waals surface area contributed by atoms with Gasteiger partial charge in [-0.25, -0.2) is 32.2 Å². The van der Waals surface area contributed by atoms with Crippen molar-refractivity contribution in [2.24, 2.45) is 20.5 Å². The van der Waals surface area contributed by atoms with Crippen molar-refractivity contribution >= 4 is 88.3 Å². The van der Waals surface area contributed by atoms with E-state index in [1.165, 1.54) is 73.1 Å². The average molecular weight is 1090 g/mol. The van der Waals surface area contributed by atoms with Gasteiger partial charge < -0.3 is 10.2 Å². The summed E-state index contributed by atoms with van der Waals surface area (Å²) < 4.78 is 122. The fraction of sp³-hybridized carbons (Fsp3) is 0.167. The van der Waals surface area contributed by atoms with E-state index in [1.54, 1.807) is 24.3 Å². The number of hydrogen-bond acceptors (Lipinski definition) is 26. The largest absolute Gasteiger partial charge is 0.492 e. The molecule has 70 heavy (non-hydrogen) atoms. The second kappa shape index (κ2) is 23.5. The van der Waals surface area contributed by atoms with Gasteiger partial charge in [0.15, 0.2) is 32.3 Å². The third-order valence-corrected chi connectivity index (χ3v) is 14.0. The van der Waals surface area contributed by atoms with Crippen molar-refractivity contribution in [3.8, 4) is 34.3 Å². The van der Waals surface area contributed by atoms with Gasteiger partial charge in [-0.3, -0.25) is 9.11 Å². The molecule has 0 saturated carbocycles. The van der Waals surface area contributed by atoms with E-state index < -0.39 is 70.5 Å². The second-order valence-electron chi connectivity index (χ2n) is 13.5. The van der Waals surface area contributed by atoms with Gasteiger partial charge in [-0.1, -0.05) is 22.2 Å². The van der Waals surface area contributed by atoms with E-state index in [0.29, 0.717) is 22.6 Å². The Balaban J connectivity index is 1.19. The van der Waals surface area contributed by atoms with Gasteiger partial charge in [-0.15, -0.1) is 18.9 Å². The van der Waals surface area contributed by atoms with E-state index in [-0.39, 0.29) is 73.1 Å². The van der Waals surface area contributed by atoms with E-state index in [0.717, 1.165) is 22.8 Å². The highest BCUT2D eigenvalue weighted by atomic mass is 32.3. The Morgan fingerprint density at radius 3 is 1.77 bits per heavy atom. The Kier molecular flexibility index (Phi) is 18.0. The summed E-state index contributed by atoms with van der Waals surface area (Å²) in [5, 5.41) is 71.1. The molecular formula is C36H34N8O20S6. The SMILES string of the molecule is Cc1nn(-c2ccc(S(=O)(=O)CCOS(=O)(=O)O)cc2)c(O)c1/N=N/c1ccc(-c2ccc(/N=N/c3c(C)nn(-c4ccc(SOOCCS(=O)OOO)cc4)c3O)cc2S(=O)(=O)O)c(SOOO)c1. The molecular weight excluding hydrogens is 1060 g/mol. The van der Waals surface area contributed by atoms with Crippen LogP contribution in [0.15, 0.2) is 125 Å². The van der Waals surface area contributed by atoms with E-state index >= 15 is 0 Å². The molecule has 0 bridgehead atoms. The standard InChI is InChI=1S/C36H34N8O20S6/c1-21-33(36(46)44(42-21)26-7-11-28(12-8-26)68(50,51)18-16-59-70(55,56)57)39-37-23-3-13-29(31(19-23)66-63-60-47)30-14-4-24(20-32(30)69(52,53)54)38-40-34-22(2)41-43(35(34)45)25-5-9-27(10-6-25)65-62-58-15-17-67(49)64-61-48/h3-14,19-20,45-48H,15-18H2,1-2H3,(H,52,53,54)(H,55,56,57)/b39-37+,40-38+. The number of sulfone groups is 1. The summed E-state index contributed by atoms with van der Waals surface area (Å²) in [5.74, 6) is -1.85. The molecule has 34 heteroatoms. The van der Waals surface area contributed by atoms with Crippen molar-refractivity contribution in [1.29, 1.82) is 0 Å². The molecule has 0 amide bonds. The minimum atomic E-state index is -4.99. The van der Waals surface area contributed by atoms with Gasteiger partial charge in [0.05, 0.1) is 87.8 Å². The summed E-state index contributed by atoms with van der Waals surface area (Å²) in [4.78, 5) is 4.65. The summed E-state index contributed by atoms with van der Waals surface area (Å²) in [7, 11) is -13.9. The van der Waals surface area contributed by atoms with Crippen LogP contribution < -0.4 is 0 Å². The highest BCUT2D eigenvalue weighted by molar-refractivity contribution is 7.95. The van der Waals surface area contributed by atoms with E-state index in [2.05, 4.69) is 53.6 Å². The number of aromatic nitrogens is 4. The second-order valence-corrected chi connectivity index (χ2v) is 20.7. The van der Waals surface area contributed by atoms with E-state index in [9.17, 15) is 44.2 Å². The van der Waals surface area contributed by atoms with Crippen LogP contribution in [0.25, 0.3) is 22.5 Å². The fourth-order valence-electron chi connectivity index (χ4n) is 5.82. The molecule has 6 aromatic rings. The van der Waals surface area contributed by atoms with Crippen LogP contribution in [0.5, 0.6) is 11.8 Å². The molecule has 1 unspecified atom stereocenters. The predicted octanol–water partition coefficient (Wildman–Crippen LogP) is 6.89. The normalized spacial score (nSPS) is 12.9. The molecule has 0 fully saturated rings. The lowest BCUT2D eigenvalue weighted by Gasteiger charge is -2.12. The predicted molar refractivity (Wildman–Crippen MR) is 241 cm³/mol. The van der Waals surface area contributed by atoms with Crippen molar-refractivity contribution in [3.63, 3.8) is 0 Å². The van der Waals surface area contributed by atoms with E-state index in [1.807, 2.05) is 0 Å². The number of hydrogen-bond donors (Lipinski definition) is 6. The van der Waals surface area contributed by atoms with Crippen molar-refractivity contribution in [1.82, 2.24) is 19.6 Å². The average Bonchev–Trinajstić information content (AvgIpc) is 3.76. The van der Waals surface area contributed by atoms with Crippen LogP contribution in [0.2, 0.25) is 0 Å². The van der Waals surface area contributed by atoms with Gasteiger partial charge in [0.25, 0.3) is 10.1 Å². The third-order valence-electron chi connectivity index (χ3n) is 8.92. The zero-order valence-corrected chi connectivity index (χ0v) is 40.2. The number of aryl methyl sites for hydroxylation is 2. The molecule has 28 nitrogen and oxygen atoms in total. The van der Waals surface area contributed by atoms with Crippen molar-refractivity contribution in [2.45, 2.75) is 33.4 Å². The number of benzene rings is 4. The monoisotopic (exact) mass is 1090 g/mol. The lowest BCUT2D eigenvalue weighted by molar-refractivity contribution is -0.435. The zero-order valence-electron chi connectivity index (χ0n) is 35.3. The van der Waals surface area contributed by atoms with Crippen LogP contribution in [-0.2, 0) is 73.6 Å². The molecule has 0 aliphatic heterocycles. The maximum atomic E-state index is 12.8. The Morgan fingerprint density at radius 2 is 1.23 bits per heavy atom. The van der Waals surface area contributed by atoms with Crippen LogP contribution in [0.4, 0.5) is 22.7 Å². The fourth-order valence-corrected chi connectivity index (χ4v) is 9.36. The van der Waals surface area contributed by atoms with Crippen molar-refractivity contribution in [3.05, 3.63) is 96.3 Å². The van der Waals surface area contributed by atoms with Crippen LogP contribution in [0.3, 0.4) is 0 Å². The summed E-state index contributed by atoms with van der Waals surface area (Å²) in [6.07, 6.45) is 0. The van der Waals surface area contributed by atoms with Gasteiger partial charge in [-0.05, 0) is 92.2 Å². The molecule has 1 atom stereocenters. The first-order chi connectivity index (χ1) is 33.2.